The van der Waals surface area contributed by atoms with Gasteiger partial charge < -0.3 is 18.5 Å². The van der Waals surface area contributed by atoms with E-state index in [1.807, 2.05) is 13.7 Å². The monoisotopic (exact) mass is 258 g/mol. The Kier molecular flexibility index (Phi) is 27.7. The molecule has 0 bridgehead atoms. The largest absolute Gasteiger partial charge is 0.413 e. The summed E-state index contributed by atoms with van der Waals surface area (Å²) in [6.45, 7) is 11.6. The van der Waals surface area contributed by atoms with Crippen LogP contribution in [-0.4, -0.2) is 26.3 Å². The molecule has 0 N–H and O–H groups in total. The van der Waals surface area contributed by atoms with E-state index in [-0.39, 0.29) is 38.5 Å². The van der Waals surface area contributed by atoms with Crippen molar-refractivity contribution in [2.24, 2.45) is 0 Å². The van der Waals surface area contributed by atoms with Gasteiger partial charge in [0.05, 0.1) is 0 Å². The molecule has 0 spiro atoms. The summed E-state index contributed by atoms with van der Waals surface area (Å²) in [6, 6.07) is 0. The Labute approximate surface area is 108 Å². The number of ketones is 1. The van der Waals surface area contributed by atoms with Gasteiger partial charge in [0.25, 0.3) is 0 Å². The topological polar surface area (TPSA) is 26.3 Å². The molecular weight excluding hydrogens is 240 g/mol. The van der Waals surface area contributed by atoms with Crippen molar-refractivity contribution in [3.8, 4) is 0 Å². The average Bonchev–Trinajstić information content (AvgIpc) is 2.06. The molecule has 0 aromatic carbocycles. The maximum atomic E-state index is 10.6. The van der Waals surface area contributed by atoms with Crippen molar-refractivity contribution in [3.63, 3.8) is 0 Å². The minimum Gasteiger partial charge on any atom is -0.413 e. The number of carbonyl (C=O) groups excluding carboxylic acids is 1. The molecule has 0 aliphatic heterocycles. The van der Waals surface area contributed by atoms with Gasteiger partial charge in [-0.3, -0.25) is 4.79 Å². The average molecular weight is 258 g/mol. The Morgan fingerprint density at radius 3 is 2.31 bits per heavy atom. The number of ether oxygens (including phenoxy) is 1. The van der Waals surface area contributed by atoms with E-state index in [9.17, 15) is 4.79 Å². The number of hydrogen-bond acceptors (Lipinski definition) is 2. The van der Waals surface area contributed by atoms with Gasteiger partial charge >= 0.3 is 0 Å². The summed E-state index contributed by atoms with van der Waals surface area (Å²) in [6.07, 6.45) is 1.15. The van der Waals surface area contributed by atoms with Crippen LogP contribution in [0.3, 0.4) is 0 Å². The molecule has 13 heavy (non-hydrogen) atoms. The second-order valence-electron chi connectivity index (χ2n) is 2.16. The van der Waals surface area contributed by atoms with Gasteiger partial charge in [0.15, 0.2) is 0 Å². The zero-order chi connectivity index (χ0) is 9.82. The standard InChI is InChI=1S/C7H13O2.C2H5B.Y/c1-3-7(8)5-6-9-4-2;1-3-2;/h2-6H2,1H3;1H2,2H3;/q2*-1;. The Hall–Kier alpha value is 0.799. The Morgan fingerprint density at radius 2 is 2.00 bits per heavy atom. The molecule has 0 fully saturated rings. The van der Waals surface area contributed by atoms with Crippen LogP contribution in [0.15, 0.2) is 0 Å². The van der Waals surface area contributed by atoms with Crippen LogP contribution in [0.1, 0.15) is 19.8 Å². The van der Waals surface area contributed by atoms with E-state index >= 15 is 0 Å². The molecule has 2 radical (unpaired) electrons. The zero-order valence-corrected chi connectivity index (χ0v) is 11.6. The minimum atomic E-state index is 0. The van der Waals surface area contributed by atoms with Crippen LogP contribution in [0.5, 0.6) is 0 Å². The maximum Gasteiger partial charge on any atom is 0.134 e. The van der Waals surface area contributed by atoms with Crippen LogP contribution < -0.4 is 0 Å². The van der Waals surface area contributed by atoms with Gasteiger partial charge in [0.1, 0.15) is 5.78 Å². The van der Waals surface area contributed by atoms with Gasteiger partial charge in [-0.15, -0.1) is 6.82 Å². The molecule has 0 unspecified atom stereocenters. The number of hydrogen-bond donors (Lipinski definition) is 0. The third kappa shape index (κ3) is 24.5. The van der Waals surface area contributed by atoms with Gasteiger partial charge in [-0.2, -0.15) is 0 Å². The number of Topliss-reactive ketones (excluding diaryl/α,β-unsaturated/α-hetero) is 1. The fraction of sp³-hybridized carbons (Fsp3) is 0.667. The maximum absolute atomic E-state index is 10.6. The van der Waals surface area contributed by atoms with Crippen molar-refractivity contribution in [2.45, 2.75) is 26.6 Å². The molecule has 74 valence electrons. The van der Waals surface area contributed by atoms with Crippen LogP contribution in [0, 0.1) is 13.7 Å². The number of carbonyl (C=O) groups is 1. The molecule has 0 rings (SSSR count). The van der Waals surface area contributed by atoms with Gasteiger partial charge in [0, 0.05) is 52.2 Å². The molecule has 0 atom stereocenters. The summed E-state index contributed by atoms with van der Waals surface area (Å²) in [4.78, 5) is 10.6. The van der Waals surface area contributed by atoms with Crippen LogP contribution in [0.2, 0.25) is 6.82 Å². The molecule has 0 aliphatic carbocycles. The predicted octanol–water partition coefficient (Wildman–Crippen LogP) is 1.73. The number of rotatable bonds is 5. The third-order valence-corrected chi connectivity index (χ3v) is 1.06. The predicted molar refractivity (Wildman–Crippen MR) is 53.1 cm³/mol. The quantitative estimate of drug-likeness (QED) is 0.426. The summed E-state index contributed by atoms with van der Waals surface area (Å²) in [7, 11) is 1.75. The Morgan fingerprint density at radius 1 is 1.54 bits per heavy atom. The van der Waals surface area contributed by atoms with E-state index in [0.717, 1.165) is 0 Å². The fourth-order valence-electron chi connectivity index (χ4n) is 0.465. The van der Waals surface area contributed by atoms with E-state index in [2.05, 4.69) is 13.7 Å². The molecular formula is C9H18BO2Y-2. The SMILES string of the molecule is [CH2-]COCCC(=O)CC.[CH2-][B]C.[Y]. The third-order valence-electron chi connectivity index (χ3n) is 1.06. The first-order valence-corrected chi connectivity index (χ1v) is 4.18. The van der Waals surface area contributed by atoms with Crippen molar-refractivity contribution in [1.29, 1.82) is 0 Å². The molecule has 0 aromatic rings. The second kappa shape index (κ2) is 18.6. The molecule has 4 heteroatoms. The summed E-state index contributed by atoms with van der Waals surface area (Å²) in [5.74, 6) is 0.253. The van der Waals surface area contributed by atoms with Crippen molar-refractivity contribution in [3.05, 3.63) is 13.7 Å². The van der Waals surface area contributed by atoms with E-state index < -0.39 is 0 Å². The van der Waals surface area contributed by atoms with E-state index in [1.54, 1.807) is 7.28 Å². The molecule has 2 nitrogen and oxygen atoms in total. The van der Waals surface area contributed by atoms with Gasteiger partial charge in [-0.05, 0) is 0 Å². The molecule has 0 amide bonds. The first-order valence-electron chi connectivity index (χ1n) is 4.18. The fourth-order valence-corrected chi connectivity index (χ4v) is 0.465. The minimum absolute atomic E-state index is 0. The van der Waals surface area contributed by atoms with Crippen molar-refractivity contribution < 1.29 is 42.2 Å². The Bertz CT molecular complexity index is 99.6. The summed E-state index contributed by atoms with van der Waals surface area (Å²) >= 11 is 0. The van der Waals surface area contributed by atoms with E-state index in [0.29, 0.717) is 26.1 Å². The summed E-state index contributed by atoms with van der Waals surface area (Å²) in [5.41, 5.74) is 0. The van der Waals surface area contributed by atoms with Gasteiger partial charge in [0.2, 0.25) is 0 Å². The summed E-state index contributed by atoms with van der Waals surface area (Å²) < 4.78 is 4.87. The normalized spacial score (nSPS) is 7.69. The van der Waals surface area contributed by atoms with Crippen LogP contribution in [-0.2, 0) is 42.2 Å². The second-order valence-corrected chi connectivity index (χ2v) is 2.16. The van der Waals surface area contributed by atoms with E-state index in [1.165, 1.54) is 0 Å². The molecule has 0 aliphatic rings. The van der Waals surface area contributed by atoms with Crippen LogP contribution in [0.25, 0.3) is 0 Å². The van der Waals surface area contributed by atoms with Crippen molar-refractivity contribution in [2.75, 3.05) is 13.2 Å². The first kappa shape index (κ1) is 19.4. The van der Waals surface area contributed by atoms with Crippen molar-refractivity contribution >= 4 is 13.1 Å². The molecule has 0 aromatic heterocycles. The zero-order valence-electron chi connectivity index (χ0n) is 8.71. The summed E-state index contributed by atoms with van der Waals surface area (Å²) in [5, 5.41) is 0. The van der Waals surface area contributed by atoms with Gasteiger partial charge in [-0.1, -0.05) is 20.8 Å². The van der Waals surface area contributed by atoms with Gasteiger partial charge in [-0.25, -0.2) is 0 Å². The van der Waals surface area contributed by atoms with Crippen molar-refractivity contribution in [1.82, 2.24) is 0 Å². The molecule has 0 saturated carbocycles. The van der Waals surface area contributed by atoms with Crippen LogP contribution >= 0.6 is 0 Å². The van der Waals surface area contributed by atoms with Crippen LogP contribution in [0.4, 0.5) is 0 Å². The molecule has 0 heterocycles. The first-order chi connectivity index (χ1) is 5.72. The Balaban J connectivity index is -0.000000220. The smallest absolute Gasteiger partial charge is 0.134 e. The molecule has 0 saturated heterocycles. The van der Waals surface area contributed by atoms with E-state index in [4.69, 9.17) is 4.74 Å².